The summed E-state index contributed by atoms with van der Waals surface area (Å²) in [7, 11) is 0. The van der Waals surface area contributed by atoms with Gasteiger partial charge in [0.15, 0.2) is 0 Å². The summed E-state index contributed by atoms with van der Waals surface area (Å²) in [5.41, 5.74) is 0.444. The van der Waals surface area contributed by atoms with Gasteiger partial charge < -0.3 is 10.1 Å². The number of anilines is 1. The first kappa shape index (κ1) is 17.8. The van der Waals surface area contributed by atoms with Gasteiger partial charge in [-0.1, -0.05) is 32.1 Å². The second kappa shape index (κ2) is 8.34. The molecule has 0 saturated heterocycles. The van der Waals surface area contributed by atoms with E-state index in [0.717, 1.165) is 5.56 Å². The van der Waals surface area contributed by atoms with Crippen LogP contribution in [0.15, 0.2) is 6.20 Å². The summed E-state index contributed by atoms with van der Waals surface area (Å²) >= 11 is 0. The van der Waals surface area contributed by atoms with Crippen LogP contribution in [0.1, 0.15) is 71.3 Å². The first-order valence-corrected chi connectivity index (χ1v) is 8.70. The number of hydrogen-bond donors (Lipinski definition) is 3. The fraction of sp³-hybridized carbons (Fsp3) is 0.765. The minimum Gasteiger partial charge on any atom is -0.444 e. The Morgan fingerprint density at radius 2 is 1.91 bits per heavy atom. The molecule has 1 fully saturated rings. The molecule has 1 heterocycles. The number of nitrogens with one attached hydrogen (secondary N) is 3. The molecular formula is C17H30N4O2. The van der Waals surface area contributed by atoms with E-state index in [2.05, 4.69) is 20.8 Å². The van der Waals surface area contributed by atoms with Gasteiger partial charge in [0.05, 0.1) is 6.20 Å². The highest BCUT2D eigenvalue weighted by molar-refractivity contribution is 5.84. The number of amides is 1. The number of ether oxygens (including phenoxy) is 1. The standard InChI is InChI=1S/C17H30N4O2/c1-17(2,3)23-16(22)20-15-13(12-19-21-15)11-18-14-9-7-5-4-6-8-10-14/h12,14,18H,4-11H2,1-3H3,(H2,19,20,21,22). The van der Waals surface area contributed by atoms with E-state index >= 15 is 0 Å². The molecule has 0 atom stereocenters. The predicted molar refractivity (Wildman–Crippen MR) is 91.4 cm³/mol. The van der Waals surface area contributed by atoms with Crippen LogP contribution in [0.2, 0.25) is 0 Å². The maximum Gasteiger partial charge on any atom is 0.413 e. The molecule has 0 aliphatic heterocycles. The molecule has 0 radical (unpaired) electrons. The minimum atomic E-state index is -0.513. The highest BCUT2D eigenvalue weighted by Gasteiger charge is 2.18. The minimum absolute atomic E-state index is 0.464. The predicted octanol–water partition coefficient (Wildman–Crippen LogP) is 3.96. The fourth-order valence-corrected chi connectivity index (χ4v) is 2.87. The van der Waals surface area contributed by atoms with Crippen molar-refractivity contribution in [2.75, 3.05) is 5.32 Å². The van der Waals surface area contributed by atoms with Crippen molar-refractivity contribution in [3.05, 3.63) is 11.8 Å². The Kier molecular flexibility index (Phi) is 6.45. The quantitative estimate of drug-likeness (QED) is 0.784. The number of aromatic amines is 1. The lowest BCUT2D eigenvalue weighted by Crippen LogP contribution is -2.30. The van der Waals surface area contributed by atoms with Crippen LogP contribution in [0.3, 0.4) is 0 Å². The Morgan fingerprint density at radius 1 is 1.26 bits per heavy atom. The van der Waals surface area contributed by atoms with Crippen LogP contribution >= 0.6 is 0 Å². The molecule has 1 saturated carbocycles. The van der Waals surface area contributed by atoms with Gasteiger partial charge in [0.25, 0.3) is 0 Å². The van der Waals surface area contributed by atoms with Crippen LogP contribution in [0, 0.1) is 0 Å². The van der Waals surface area contributed by atoms with Crippen LogP contribution in [-0.2, 0) is 11.3 Å². The molecule has 0 spiro atoms. The molecule has 0 bridgehead atoms. The number of carbonyl (C=O) groups is 1. The van der Waals surface area contributed by atoms with Crippen molar-refractivity contribution in [2.45, 2.75) is 83.9 Å². The van der Waals surface area contributed by atoms with Crippen molar-refractivity contribution in [2.24, 2.45) is 0 Å². The van der Waals surface area contributed by atoms with Gasteiger partial charge in [-0.3, -0.25) is 10.4 Å². The van der Waals surface area contributed by atoms with Crippen LogP contribution in [0.25, 0.3) is 0 Å². The third-order valence-electron chi connectivity index (χ3n) is 4.03. The summed E-state index contributed by atoms with van der Waals surface area (Å²) in [5, 5.41) is 13.2. The molecule has 1 aliphatic rings. The fourth-order valence-electron chi connectivity index (χ4n) is 2.87. The lowest BCUT2D eigenvalue weighted by Gasteiger charge is -2.21. The molecule has 23 heavy (non-hydrogen) atoms. The van der Waals surface area contributed by atoms with E-state index in [-0.39, 0.29) is 0 Å². The Hall–Kier alpha value is -1.56. The van der Waals surface area contributed by atoms with Crippen molar-refractivity contribution in [1.82, 2.24) is 15.5 Å². The molecule has 1 aliphatic carbocycles. The van der Waals surface area contributed by atoms with Crippen LogP contribution in [0.5, 0.6) is 0 Å². The lowest BCUT2D eigenvalue weighted by atomic mass is 9.96. The molecule has 6 heteroatoms. The summed E-state index contributed by atoms with van der Waals surface area (Å²) in [6, 6.07) is 0.555. The molecule has 1 aromatic heterocycles. The molecule has 3 N–H and O–H groups in total. The van der Waals surface area contributed by atoms with Gasteiger partial charge in [-0.2, -0.15) is 5.10 Å². The SMILES string of the molecule is CC(C)(C)OC(=O)Nc1[nH]ncc1CNC1CCCCCCC1. The lowest BCUT2D eigenvalue weighted by molar-refractivity contribution is 0.0635. The summed E-state index contributed by atoms with van der Waals surface area (Å²) < 4.78 is 5.27. The average Bonchev–Trinajstić information content (AvgIpc) is 2.82. The summed E-state index contributed by atoms with van der Waals surface area (Å²) in [4.78, 5) is 11.9. The Labute approximate surface area is 138 Å². The number of nitrogens with zero attached hydrogens (tertiary/aromatic N) is 1. The number of hydrogen-bond acceptors (Lipinski definition) is 4. The molecule has 1 aromatic rings. The Balaban J connectivity index is 1.84. The van der Waals surface area contributed by atoms with Gasteiger partial charge in [-0.05, 0) is 33.6 Å². The summed E-state index contributed by atoms with van der Waals surface area (Å²) in [5.74, 6) is 0.609. The molecule has 1 amide bonds. The maximum atomic E-state index is 11.9. The molecule has 2 rings (SSSR count). The second-order valence-electron chi connectivity index (χ2n) is 7.32. The maximum absolute atomic E-state index is 11.9. The number of carbonyl (C=O) groups excluding carboxylic acids is 1. The van der Waals surface area contributed by atoms with Gasteiger partial charge in [0, 0.05) is 18.2 Å². The van der Waals surface area contributed by atoms with E-state index in [4.69, 9.17) is 4.74 Å². The van der Waals surface area contributed by atoms with Crippen molar-refractivity contribution in [3.63, 3.8) is 0 Å². The Bertz CT molecular complexity index is 485. The van der Waals surface area contributed by atoms with E-state index in [1.807, 2.05) is 20.8 Å². The molecule has 130 valence electrons. The van der Waals surface area contributed by atoms with Crippen molar-refractivity contribution < 1.29 is 9.53 Å². The van der Waals surface area contributed by atoms with Crippen LogP contribution in [0.4, 0.5) is 10.6 Å². The molecule has 6 nitrogen and oxygen atoms in total. The zero-order chi connectivity index (χ0) is 16.7. The van der Waals surface area contributed by atoms with E-state index in [0.29, 0.717) is 18.4 Å². The molecular weight excluding hydrogens is 292 g/mol. The van der Waals surface area contributed by atoms with Crippen LogP contribution < -0.4 is 10.6 Å². The average molecular weight is 322 g/mol. The van der Waals surface area contributed by atoms with Gasteiger partial charge in [-0.15, -0.1) is 0 Å². The zero-order valence-electron chi connectivity index (χ0n) is 14.6. The van der Waals surface area contributed by atoms with E-state index in [9.17, 15) is 4.79 Å². The molecule has 0 aromatic carbocycles. The van der Waals surface area contributed by atoms with E-state index < -0.39 is 11.7 Å². The third kappa shape index (κ3) is 6.60. The topological polar surface area (TPSA) is 79.0 Å². The van der Waals surface area contributed by atoms with E-state index in [1.165, 1.54) is 44.9 Å². The monoisotopic (exact) mass is 322 g/mol. The zero-order valence-corrected chi connectivity index (χ0v) is 14.6. The first-order valence-electron chi connectivity index (χ1n) is 8.70. The van der Waals surface area contributed by atoms with Crippen molar-refractivity contribution in [3.8, 4) is 0 Å². The van der Waals surface area contributed by atoms with E-state index in [1.54, 1.807) is 6.20 Å². The summed E-state index contributed by atoms with van der Waals surface area (Å²) in [6.07, 6.45) is 10.4. The highest BCUT2D eigenvalue weighted by Crippen LogP contribution is 2.19. The first-order chi connectivity index (χ1) is 10.9. The van der Waals surface area contributed by atoms with Gasteiger partial charge >= 0.3 is 6.09 Å². The highest BCUT2D eigenvalue weighted by atomic mass is 16.6. The number of aromatic nitrogens is 2. The number of rotatable bonds is 4. The normalized spacial score (nSPS) is 17.3. The van der Waals surface area contributed by atoms with Gasteiger partial charge in [-0.25, -0.2) is 4.79 Å². The Morgan fingerprint density at radius 3 is 2.57 bits per heavy atom. The smallest absolute Gasteiger partial charge is 0.413 e. The van der Waals surface area contributed by atoms with Crippen LogP contribution in [-0.4, -0.2) is 27.9 Å². The van der Waals surface area contributed by atoms with Crippen molar-refractivity contribution >= 4 is 11.9 Å². The second-order valence-corrected chi connectivity index (χ2v) is 7.32. The third-order valence-corrected chi connectivity index (χ3v) is 4.03. The van der Waals surface area contributed by atoms with Crippen molar-refractivity contribution in [1.29, 1.82) is 0 Å². The van der Waals surface area contributed by atoms with Gasteiger partial charge in [0.2, 0.25) is 0 Å². The number of H-pyrrole nitrogens is 1. The van der Waals surface area contributed by atoms with Gasteiger partial charge in [0.1, 0.15) is 11.4 Å². The summed E-state index contributed by atoms with van der Waals surface area (Å²) in [6.45, 7) is 6.23. The largest absolute Gasteiger partial charge is 0.444 e. The molecule has 0 unspecified atom stereocenters.